The Morgan fingerprint density at radius 2 is 1.94 bits per heavy atom. The van der Waals surface area contributed by atoms with Gasteiger partial charge in [0.1, 0.15) is 5.82 Å². The number of halogens is 2. The van der Waals surface area contributed by atoms with Gasteiger partial charge >= 0.3 is 0 Å². The van der Waals surface area contributed by atoms with E-state index in [0.717, 1.165) is 20.8 Å². The Kier molecular flexibility index (Phi) is 3.45. The molecular weight excluding hydrogens is 302 g/mol. The van der Waals surface area contributed by atoms with E-state index >= 15 is 0 Å². The molecule has 2 aromatic rings. The fraction of sp³-hybridized carbons (Fsp3) is 0.250. The van der Waals surface area contributed by atoms with E-state index in [4.69, 9.17) is 17.3 Å². The quantitative estimate of drug-likeness (QED) is 0.916. The number of hydrogen-bond acceptors (Lipinski definition) is 2. The Morgan fingerprint density at radius 3 is 2.41 bits per heavy atom. The molecule has 3 nitrogen and oxygen atoms in total. The molecule has 2 rings (SSSR count). The smallest absolute Gasteiger partial charge is 0.137 e. The summed E-state index contributed by atoms with van der Waals surface area (Å²) in [5, 5.41) is 5.15. The molecule has 0 radical (unpaired) electrons. The van der Waals surface area contributed by atoms with Crippen molar-refractivity contribution < 1.29 is 0 Å². The highest BCUT2D eigenvalue weighted by molar-refractivity contribution is 9.10. The van der Waals surface area contributed by atoms with Crippen molar-refractivity contribution in [2.24, 2.45) is 0 Å². The molecule has 0 amide bonds. The highest BCUT2D eigenvalue weighted by atomic mass is 79.9. The van der Waals surface area contributed by atoms with E-state index in [1.807, 2.05) is 35.9 Å². The summed E-state index contributed by atoms with van der Waals surface area (Å²) >= 11 is 9.29. The molecular formula is C12H13BrClN3. The number of aryl methyl sites for hydroxylation is 1. The van der Waals surface area contributed by atoms with Crippen LogP contribution in [0.2, 0.25) is 5.02 Å². The normalized spacial score (nSPS) is 12.7. The molecule has 17 heavy (non-hydrogen) atoms. The van der Waals surface area contributed by atoms with Crippen LogP contribution in [0, 0.1) is 6.92 Å². The Hall–Kier alpha value is -1.00. The minimum atomic E-state index is 0.0808. The van der Waals surface area contributed by atoms with E-state index in [1.54, 1.807) is 0 Å². The van der Waals surface area contributed by atoms with E-state index in [0.29, 0.717) is 5.82 Å². The van der Waals surface area contributed by atoms with Crippen molar-refractivity contribution in [3.8, 4) is 0 Å². The summed E-state index contributed by atoms with van der Waals surface area (Å²) in [6.45, 7) is 3.98. The van der Waals surface area contributed by atoms with E-state index in [9.17, 15) is 0 Å². The second kappa shape index (κ2) is 4.70. The fourth-order valence-corrected chi connectivity index (χ4v) is 2.11. The van der Waals surface area contributed by atoms with Gasteiger partial charge in [0.05, 0.1) is 16.2 Å². The molecule has 0 fully saturated rings. The van der Waals surface area contributed by atoms with E-state index in [2.05, 4.69) is 28.0 Å². The van der Waals surface area contributed by atoms with Gasteiger partial charge in [-0.15, -0.1) is 0 Å². The highest BCUT2D eigenvalue weighted by Gasteiger charge is 2.16. The first-order valence-electron chi connectivity index (χ1n) is 5.26. The largest absolute Gasteiger partial charge is 0.383 e. The van der Waals surface area contributed by atoms with Crippen molar-refractivity contribution in [1.82, 2.24) is 9.78 Å². The molecule has 1 atom stereocenters. The topological polar surface area (TPSA) is 43.8 Å². The first kappa shape index (κ1) is 12.5. The number of benzene rings is 1. The van der Waals surface area contributed by atoms with Gasteiger partial charge in [0, 0.05) is 5.02 Å². The second-order valence-electron chi connectivity index (χ2n) is 3.96. The maximum atomic E-state index is 6.00. The number of rotatable bonds is 2. The fourth-order valence-electron chi connectivity index (χ4n) is 1.72. The van der Waals surface area contributed by atoms with Crippen LogP contribution in [0.1, 0.15) is 24.2 Å². The third-order valence-electron chi connectivity index (χ3n) is 2.77. The molecule has 5 heteroatoms. The maximum Gasteiger partial charge on any atom is 0.137 e. The van der Waals surface area contributed by atoms with Gasteiger partial charge in [0.25, 0.3) is 0 Å². The average molecular weight is 315 g/mol. The second-order valence-corrected chi connectivity index (χ2v) is 5.19. The van der Waals surface area contributed by atoms with Crippen LogP contribution in [-0.2, 0) is 0 Å². The van der Waals surface area contributed by atoms with Crippen LogP contribution in [-0.4, -0.2) is 9.78 Å². The highest BCUT2D eigenvalue weighted by Crippen LogP contribution is 2.28. The van der Waals surface area contributed by atoms with Gasteiger partial charge in [-0.1, -0.05) is 23.7 Å². The van der Waals surface area contributed by atoms with Crippen LogP contribution in [0.3, 0.4) is 0 Å². The number of hydrogen-bond donors (Lipinski definition) is 1. The third-order valence-corrected chi connectivity index (χ3v) is 4.00. The lowest BCUT2D eigenvalue weighted by atomic mass is 10.1. The first-order chi connectivity index (χ1) is 8.00. The van der Waals surface area contributed by atoms with Crippen LogP contribution < -0.4 is 5.73 Å². The van der Waals surface area contributed by atoms with Crippen molar-refractivity contribution in [2.75, 3.05) is 5.73 Å². The zero-order valence-corrected chi connectivity index (χ0v) is 12.0. The van der Waals surface area contributed by atoms with Crippen molar-refractivity contribution in [1.29, 1.82) is 0 Å². The molecule has 0 aliphatic carbocycles. The lowest BCUT2D eigenvalue weighted by Crippen LogP contribution is -2.11. The van der Waals surface area contributed by atoms with E-state index in [1.165, 1.54) is 0 Å². The molecule has 90 valence electrons. The molecule has 1 aromatic carbocycles. The average Bonchev–Trinajstić information content (AvgIpc) is 2.57. The lowest BCUT2D eigenvalue weighted by molar-refractivity contribution is 0.569. The van der Waals surface area contributed by atoms with Gasteiger partial charge in [-0.2, -0.15) is 5.10 Å². The number of aromatic nitrogens is 2. The molecule has 0 saturated heterocycles. The molecule has 0 aliphatic heterocycles. The summed E-state index contributed by atoms with van der Waals surface area (Å²) in [7, 11) is 0. The Balaban J connectivity index is 2.40. The minimum absolute atomic E-state index is 0.0808. The summed E-state index contributed by atoms with van der Waals surface area (Å²) in [5.41, 5.74) is 8.01. The van der Waals surface area contributed by atoms with Crippen LogP contribution in [0.4, 0.5) is 5.82 Å². The Morgan fingerprint density at radius 1 is 1.35 bits per heavy atom. The Bertz CT molecular complexity index is 533. The van der Waals surface area contributed by atoms with Crippen molar-refractivity contribution in [3.05, 3.63) is 45.0 Å². The summed E-state index contributed by atoms with van der Waals surface area (Å²) in [6, 6.07) is 7.79. The molecule has 0 saturated carbocycles. The molecule has 0 aliphatic rings. The van der Waals surface area contributed by atoms with Gasteiger partial charge in [-0.3, -0.25) is 0 Å². The molecule has 2 N–H and O–H groups in total. The van der Waals surface area contributed by atoms with Crippen LogP contribution >= 0.6 is 27.5 Å². The van der Waals surface area contributed by atoms with Crippen molar-refractivity contribution in [2.45, 2.75) is 19.9 Å². The summed E-state index contributed by atoms with van der Waals surface area (Å²) in [6.07, 6.45) is 0. The number of nitrogen functional groups attached to an aromatic ring is 1. The molecule has 0 bridgehead atoms. The predicted molar refractivity (Wildman–Crippen MR) is 74.3 cm³/mol. The molecule has 1 heterocycles. The van der Waals surface area contributed by atoms with Crippen LogP contribution in [0.5, 0.6) is 0 Å². The van der Waals surface area contributed by atoms with Crippen molar-refractivity contribution >= 4 is 33.3 Å². The van der Waals surface area contributed by atoms with Gasteiger partial charge in [0.2, 0.25) is 0 Å². The van der Waals surface area contributed by atoms with Crippen LogP contribution in [0.15, 0.2) is 28.7 Å². The predicted octanol–water partition coefficient (Wildman–Crippen LogP) is 3.80. The van der Waals surface area contributed by atoms with E-state index in [-0.39, 0.29) is 6.04 Å². The number of nitrogens with two attached hydrogens (primary N) is 1. The standard InChI is InChI=1S/C12H13BrClN3/c1-7-11(13)12(15)17(16-7)8(2)9-3-5-10(14)6-4-9/h3-6,8H,15H2,1-2H3. The first-order valence-corrected chi connectivity index (χ1v) is 6.43. The maximum absolute atomic E-state index is 6.00. The molecule has 0 spiro atoms. The zero-order chi connectivity index (χ0) is 12.6. The Labute approximate surface area is 114 Å². The zero-order valence-electron chi connectivity index (χ0n) is 9.61. The SMILES string of the molecule is Cc1nn(C(C)c2ccc(Cl)cc2)c(N)c1Br. The van der Waals surface area contributed by atoms with Gasteiger partial charge in [-0.05, 0) is 47.5 Å². The number of anilines is 1. The minimum Gasteiger partial charge on any atom is -0.383 e. The summed E-state index contributed by atoms with van der Waals surface area (Å²) in [5.74, 6) is 0.643. The van der Waals surface area contributed by atoms with Crippen molar-refractivity contribution in [3.63, 3.8) is 0 Å². The summed E-state index contributed by atoms with van der Waals surface area (Å²) < 4.78 is 2.67. The van der Waals surface area contributed by atoms with Gasteiger partial charge in [-0.25, -0.2) is 4.68 Å². The molecule has 1 aromatic heterocycles. The van der Waals surface area contributed by atoms with Gasteiger partial charge in [0.15, 0.2) is 0 Å². The monoisotopic (exact) mass is 313 g/mol. The molecule has 1 unspecified atom stereocenters. The third kappa shape index (κ3) is 2.33. The number of nitrogens with zero attached hydrogens (tertiary/aromatic N) is 2. The van der Waals surface area contributed by atoms with Crippen LogP contribution in [0.25, 0.3) is 0 Å². The van der Waals surface area contributed by atoms with Gasteiger partial charge < -0.3 is 5.73 Å². The summed E-state index contributed by atoms with van der Waals surface area (Å²) in [4.78, 5) is 0. The lowest BCUT2D eigenvalue weighted by Gasteiger charge is -2.14. The van der Waals surface area contributed by atoms with E-state index < -0.39 is 0 Å².